The summed E-state index contributed by atoms with van der Waals surface area (Å²) in [6.07, 6.45) is -2.81. The standard InChI is InChI=1S/C33H27F3N2O3/c1-2-8-21(20-9-4-3-5-10-20)18-30(39)22-13-15-24(27(17-22)32(40)41)26-19-23(33(34,35)36)14-16-25(26)31-37-28-11-6-7-12-29(28)38-31/h3-7,9-17,19,21H,2,8,18H2,1H3,(H,37,38)(H,40,41)/t21-/m0/s1. The number of nitrogens with one attached hydrogen (secondary N) is 1. The van der Waals surface area contributed by atoms with Gasteiger partial charge in [0.2, 0.25) is 0 Å². The number of rotatable bonds is 9. The highest BCUT2D eigenvalue weighted by Crippen LogP contribution is 2.39. The number of benzene rings is 4. The highest BCUT2D eigenvalue weighted by atomic mass is 19.4. The number of carboxylic acids is 1. The fraction of sp³-hybridized carbons (Fsp3) is 0.182. The van der Waals surface area contributed by atoms with E-state index in [1.807, 2.05) is 37.3 Å². The second kappa shape index (κ2) is 11.4. The minimum absolute atomic E-state index is 0.0372. The van der Waals surface area contributed by atoms with Crippen LogP contribution in [0.15, 0.2) is 91.0 Å². The molecular formula is C33H27F3N2O3. The van der Waals surface area contributed by atoms with Crippen LogP contribution in [0.1, 0.15) is 63.9 Å². The number of para-hydroxylation sites is 2. The van der Waals surface area contributed by atoms with Crippen LogP contribution in [0.5, 0.6) is 0 Å². The van der Waals surface area contributed by atoms with Gasteiger partial charge in [-0.05, 0) is 59.4 Å². The Balaban J connectivity index is 1.59. The van der Waals surface area contributed by atoms with Crippen LogP contribution in [-0.2, 0) is 6.18 Å². The number of nitrogens with zero attached hydrogens (tertiary/aromatic N) is 1. The van der Waals surface area contributed by atoms with Gasteiger partial charge < -0.3 is 10.1 Å². The van der Waals surface area contributed by atoms with Crippen molar-refractivity contribution in [2.24, 2.45) is 0 Å². The molecule has 208 valence electrons. The van der Waals surface area contributed by atoms with E-state index in [0.717, 1.165) is 30.5 Å². The zero-order chi connectivity index (χ0) is 29.1. The van der Waals surface area contributed by atoms with Crippen molar-refractivity contribution in [3.8, 4) is 22.5 Å². The Morgan fingerprint density at radius 1 is 0.878 bits per heavy atom. The number of carboxylic acid groups (broad SMARTS) is 1. The molecule has 0 aliphatic carbocycles. The molecule has 0 aliphatic rings. The van der Waals surface area contributed by atoms with Gasteiger partial charge in [-0.25, -0.2) is 9.78 Å². The van der Waals surface area contributed by atoms with Crippen molar-refractivity contribution < 1.29 is 27.9 Å². The fourth-order valence-corrected chi connectivity index (χ4v) is 5.16. The first-order valence-corrected chi connectivity index (χ1v) is 13.3. The summed E-state index contributed by atoms with van der Waals surface area (Å²) in [4.78, 5) is 33.4. The molecule has 0 saturated carbocycles. The quantitative estimate of drug-likeness (QED) is 0.178. The molecule has 8 heteroatoms. The monoisotopic (exact) mass is 556 g/mol. The van der Waals surface area contributed by atoms with E-state index in [1.54, 1.807) is 24.3 Å². The van der Waals surface area contributed by atoms with Crippen LogP contribution in [-0.4, -0.2) is 26.8 Å². The number of H-pyrrole nitrogens is 1. The van der Waals surface area contributed by atoms with Gasteiger partial charge in [-0.2, -0.15) is 13.2 Å². The first kappa shape index (κ1) is 27.8. The van der Waals surface area contributed by atoms with Crippen molar-refractivity contribution >= 4 is 22.8 Å². The van der Waals surface area contributed by atoms with E-state index in [1.165, 1.54) is 24.3 Å². The highest BCUT2D eigenvalue weighted by molar-refractivity contribution is 6.04. The summed E-state index contributed by atoms with van der Waals surface area (Å²) < 4.78 is 41.3. The van der Waals surface area contributed by atoms with E-state index < -0.39 is 17.7 Å². The highest BCUT2D eigenvalue weighted by Gasteiger charge is 2.32. The third-order valence-electron chi connectivity index (χ3n) is 7.19. The number of hydrogen-bond donors (Lipinski definition) is 2. The largest absolute Gasteiger partial charge is 0.478 e. The number of fused-ring (bicyclic) bond motifs is 1. The average Bonchev–Trinajstić information content (AvgIpc) is 3.40. The number of imidazole rings is 1. The van der Waals surface area contributed by atoms with Crippen LogP contribution in [0.4, 0.5) is 13.2 Å². The van der Waals surface area contributed by atoms with E-state index in [9.17, 15) is 27.9 Å². The number of hydrogen-bond acceptors (Lipinski definition) is 3. The van der Waals surface area contributed by atoms with Gasteiger partial charge in [0.1, 0.15) is 5.82 Å². The molecule has 0 amide bonds. The molecule has 4 aromatic carbocycles. The summed E-state index contributed by atoms with van der Waals surface area (Å²) >= 11 is 0. The lowest BCUT2D eigenvalue weighted by atomic mass is 9.86. The number of ketones is 1. The minimum atomic E-state index is -4.65. The predicted octanol–water partition coefficient (Wildman–Crippen LogP) is 8.77. The minimum Gasteiger partial charge on any atom is -0.478 e. The van der Waals surface area contributed by atoms with Crippen LogP contribution in [0.2, 0.25) is 0 Å². The van der Waals surface area contributed by atoms with Gasteiger partial charge >= 0.3 is 12.1 Å². The molecule has 1 aromatic heterocycles. The molecule has 2 N–H and O–H groups in total. The zero-order valence-corrected chi connectivity index (χ0v) is 22.2. The van der Waals surface area contributed by atoms with Crippen molar-refractivity contribution in [3.05, 3.63) is 113 Å². The van der Waals surface area contributed by atoms with Crippen LogP contribution < -0.4 is 0 Å². The Morgan fingerprint density at radius 3 is 2.27 bits per heavy atom. The Bertz CT molecular complexity index is 1690. The number of aromatic carboxylic acids is 1. The van der Waals surface area contributed by atoms with Crippen molar-refractivity contribution in [2.75, 3.05) is 0 Å². The number of aromatic nitrogens is 2. The van der Waals surface area contributed by atoms with Gasteiger partial charge in [-0.1, -0.05) is 74.0 Å². The Kier molecular flexibility index (Phi) is 7.75. The van der Waals surface area contributed by atoms with Gasteiger partial charge in [-0.3, -0.25) is 4.79 Å². The van der Waals surface area contributed by atoms with Gasteiger partial charge in [0.15, 0.2) is 5.78 Å². The molecule has 5 rings (SSSR count). The molecule has 0 unspecified atom stereocenters. The Morgan fingerprint density at radius 2 is 1.59 bits per heavy atom. The number of aromatic amines is 1. The SMILES string of the molecule is CCC[C@@H](CC(=O)c1ccc(-c2cc(C(F)(F)F)ccc2-c2nc3ccccc3[nH]2)c(C(=O)O)c1)c1ccccc1. The lowest BCUT2D eigenvalue weighted by Gasteiger charge is -2.17. The summed E-state index contributed by atoms with van der Waals surface area (Å²) in [5.41, 5.74) is 1.75. The summed E-state index contributed by atoms with van der Waals surface area (Å²) in [5.74, 6) is -1.32. The average molecular weight is 557 g/mol. The lowest BCUT2D eigenvalue weighted by molar-refractivity contribution is -0.137. The molecule has 0 bridgehead atoms. The Labute approximate surface area is 234 Å². The first-order valence-electron chi connectivity index (χ1n) is 13.3. The van der Waals surface area contributed by atoms with Gasteiger partial charge in [0, 0.05) is 17.5 Å². The summed E-state index contributed by atoms with van der Waals surface area (Å²) in [6.45, 7) is 2.03. The van der Waals surface area contributed by atoms with E-state index >= 15 is 0 Å². The smallest absolute Gasteiger partial charge is 0.416 e. The van der Waals surface area contributed by atoms with Gasteiger partial charge in [0.25, 0.3) is 0 Å². The topological polar surface area (TPSA) is 83.0 Å². The third-order valence-corrected chi connectivity index (χ3v) is 7.19. The van der Waals surface area contributed by atoms with E-state index in [2.05, 4.69) is 9.97 Å². The predicted molar refractivity (Wildman–Crippen MR) is 152 cm³/mol. The molecule has 5 aromatic rings. The molecule has 1 heterocycles. The van der Waals surface area contributed by atoms with Crippen molar-refractivity contribution in [1.29, 1.82) is 0 Å². The molecular weight excluding hydrogens is 529 g/mol. The number of carbonyl (C=O) groups is 2. The molecule has 0 fully saturated rings. The number of Topliss-reactive ketones (excluding diaryl/α,β-unsaturated/α-hetero) is 1. The van der Waals surface area contributed by atoms with Gasteiger partial charge in [0.05, 0.1) is 22.2 Å². The molecule has 1 atom stereocenters. The second-order valence-corrected chi connectivity index (χ2v) is 9.95. The van der Waals surface area contributed by atoms with Crippen LogP contribution in [0.3, 0.4) is 0 Å². The maximum absolute atomic E-state index is 13.8. The van der Waals surface area contributed by atoms with Crippen LogP contribution in [0, 0.1) is 0 Å². The van der Waals surface area contributed by atoms with E-state index in [4.69, 9.17) is 0 Å². The second-order valence-electron chi connectivity index (χ2n) is 9.95. The molecule has 5 nitrogen and oxygen atoms in total. The molecule has 0 spiro atoms. The number of halogens is 3. The van der Waals surface area contributed by atoms with E-state index in [-0.39, 0.29) is 40.4 Å². The molecule has 0 aliphatic heterocycles. The maximum atomic E-state index is 13.8. The van der Waals surface area contributed by atoms with Crippen LogP contribution >= 0.6 is 0 Å². The molecule has 0 radical (unpaired) electrons. The van der Waals surface area contributed by atoms with Crippen molar-refractivity contribution in [1.82, 2.24) is 9.97 Å². The van der Waals surface area contributed by atoms with Crippen molar-refractivity contribution in [3.63, 3.8) is 0 Å². The Hall–Kier alpha value is -4.72. The lowest BCUT2D eigenvalue weighted by Crippen LogP contribution is -2.10. The number of carbonyl (C=O) groups excluding carboxylic acids is 1. The first-order chi connectivity index (χ1) is 19.7. The van der Waals surface area contributed by atoms with Crippen molar-refractivity contribution in [2.45, 2.75) is 38.3 Å². The van der Waals surface area contributed by atoms with E-state index in [0.29, 0.717) is 22.4 Å². The summed E-state index contributed by atoms with van der Waals surface area (Å²) in [7, 11) is 0. The summed E-state index contributed by atoms with van der Waals surface area (Å²) in [5, 5.41) is 10.1. The van der Waals surface area contributed by atoms with Crippen LogP contribution in [0.25, 0.3) is 33.5 Å². The molecule has 0 saturated heterocycles. The maximum Gasteiger partial charge on any atom is 0.416 e. The number of alkyl halides is 3. The third kappa shape index (κ3) is 5.91. The normalized spacial score (nSPS) is 12.4. The summed E-state index contributed by atoms with van der Waals surface area (Å²) in [6, 6.07) is 24.1. The molecule has 41 heavy (non-hydrogen) atoms. The van der Waals surface area contributed by atoms with Gasteiger partial charge in [-0.15, -0.1) is 0 Å². The fourth-order valence-electron chi connectivity index (χ4n) is 5.16. The zero-order valence-electron chi connectivity index (χ0n) is 22.2.